The van der Waals surface area contributed by atoms with Crippen LogP contribution in [-0.4, -0.2) is 25.3 Å². The van der Waals surface area contributed by atoms with Crippen LogP contribution in [0, 0.1) is 0 Å². The van der Waals surface area contributed by atoms with Gasteiger partial charge in [-0.2, -0.15) is 5.10 Å². The molecule has 0 aliphatic rings. The molecule has 4 aromatic rings. The molecule has 2 N–H and O–H groups in total. The Hall–Kier alpha value is -3.36. The van der Waals surface area contributed by atoms with E-state index < -0.39 is 0 Å². The van der Waals surface area contributed by atoms with E-state index in [-0.39, 0.29) is 12.5 Å². The van der Waals surface area contributed by atoms with Gasteiger partial charge >= 0.3 is 0 Å². The molecule has 0 aromatic heterocycles. The number of fused-ring (bicyclic) bond motifs is 1. The average Bonchev–Trinajstić information content (AvgIpc) is 2.88. The lowest BCUT2D eigenvalue weighted by molar-refractivity contribution is -0.119. The maximum Gasteiger partial charge on any atom is 0.259 e. The molecule has 0 unspecified atom stereocenters. The molecule has 8 heteroatoms. The molecule has 0 saturated heterocycles. The number of nitrogens with zero attached hydrogens (tertiary/aromatic N) is 1. The van der Waals surface area contributed by atoms with Crippen molar-refractivity contribution in [1.82, 2.24) is 5.43 Å². The van der Waals surface area contributed by atoms with Gasteiger partial charge in [0.15, 0.2) is 11.5 Å². The summed E-state index contributed by atoms with van der Waals surface area (Å²) < 4.78 is 13.6. The van der Waals surface area contributed by atoms with Crippen molar-refractivity contribution >= 4 is 60.4 Å². The molecular formula is C28H25Br2N3O3. The molecular weight excluding hydrogens is 586 g/mol. The highest BCUT2D eigenvalue weighted by Gasteiger charge is 2.12. The zero-order chi connectivity index (χ0) is 25.3. The molecule has 184 valence electrons. The van der Waals surface area contributed by atoms with E-state index in [0.29, 0.717) is 24.7 Å². The van der Waals surface area contributed by atoms with Gasteiger partial charge in [0.2, 0.25) is 0 Å². The Labute approximate surface area is 227 Å². The first-order valence-corrected chi connectivity index (χ1v) is 13.0. The average molecular weight is 611 g/mol. The molecule has 0 atom stereocenters. The van der Waals surface area contributed by atoms with E-state index in [9.17, 15) is 4.79 Å². The number of hydrogen-bond donors (Lipinski definition) is 2. The minimum absolute atomic E-state index is 0.0993. The van der Waals surface area contributed by atoms with Crippen molar-refractivity contribution in [3.05, 3.63) is 98.9 Å². The lowest BCUT2D eigenvalue weighted by Gasteiger charge is -2.15. The molecule has 0 aliphatic carbocycles. The highest BCUT2D eigenvalue weighted by molar-refractivity contribution is 9.10. The molecule has 6 nitrogen and oxygen atoms in total. The number of nitrogens with one attached hydrogen (secondary N) is 2. The van der Waals surface area contributed by atoms with Crippen LogP contribution < -0.4 is 20.2 Å². The molecule has 0 heterocycles. The summed E-state index contributed by atoms with van der Waals surface area (Å²) in [6.07, 6.45) is 1.57. The number of carbonyl (C=O) groups excluding carboxylic acids is 1. The predicted octanol–water partition coefficient (Wildman–Crippen LogP) is 6.90. The van der Waals surface area contributed by atoms with Gasteiger partial charge in [-0.05, 0) is 69.7 Å². The van der Waals surface area contributed by atoms with E-state index in [1.807, 2.05) is 85.8 Å². The van der Waals surface area contributed by atoms with Gasteiger partial charge in [0, 0.05) is 15.5 Å². The first kappa shape index (κ1) is 25.7. The van der Waals surface area contributed by atoms with Crippen molar-refractivity contribution in [2.75, 3.05) is 18.5 Å². The molecule has 0 spiro atoms. The van der Waals surface area contributed by atoms with Crippen LogP contribution in [0.2, 0.25) is 0 Å². The molecule has 36 heavy (non-hydrogen) atoms. The van der Waals surface area contributed by atoms with Gasteiger partial charge in [0.25, 0.3) is 5.91 Å². The lowest BCUT2D eigenvalue weighted by atomic mass is 10.1. The number of hydrazone groups is 1. The summed E-state index contributed by atoms with van der Waals surface area (Å²) in [4.78, 5) is 12.3. The maximum absolute atomic E-state index is 12.3. The van der Waals surface area contributed by atoms with Crippen LogP contribution in [0.1, 0.15) is 18.1 Å². The van der Waals surface area contributed by atoms with E-state index in [1.54, 1.807) is 6.21 Å². The van der Waals surface area contributed by atoms with Gasteiger partial charge in [-0.3, -0.25) is 4.79 Å². The fraction of sp³-hybridized carbons (Fsp3) is 0.143. The van der Waals surface area contributed by atoms with Gasteiger partial charge in [-0.1, -0.05) is 64.5 Å². The number of halogens is 2. The molecule has 0 aliphatic heterocycles. The fourth-order valence-electron chi connectivity index (χ4n) is 3.58. The molecule has 1 amide bonds. The van der Waals surface area contributed by atoms with E-state index in [2.05, 4.69) is 47.7 Å². The van der Waals surface area contributed by atoms with Crippen LogP contribution in [0.3, 0.4) is 0 Å². The monoisotopic (exact) mass is 609 g/mol. The Morgan fingerprint density at radius 1 is 0.972 bits per heavy atom. The first-order valence-electron chi connectivity index (χ1n) is 11.4. The zero-order valence-electron chi connectivity index (χ0n) is 19.6. The normalized spacial score (nSPS) is 11.0. The van der Waals surface area contributed by atoms with Gasteiger partial charge in [-0.15, -0.1) is 0 Å². The molecule has 4 aromatic carbocycles. The number of rotatable bonds is 10. The van der Waals surface area contributed by atoms with Crippen molar-refractivity contribution in [3.63, 3.8) is 0 Å². The minimum Gasteiger partial charge on any atom is -0.490 e. The van der Waals surface area contributed by atoms with Crippen LogP contribution in [-0.2, 0) is 11.4 Å². The second-order valence-corrected chi connectivity index (χ2v) is 9.62. The number of anilines is 1. The Morgan fingerprint density at radius 3 is 2.56 bits per heavy atom. The van der Waals surface area contributed by atoms with Gasteiger partial charge in [-0.25, -0.2) is 5.43 Å². The number of carbonyl (C=O) groups is 1. The zero-order valence-corrected chi connectivity index (χ0v) is 22.8. The van der Waals surface area contributed by atoms with Crippen LogP contribution in [0.5, 0.6) is 11.5 Å². The third-order valence-electron chi connectivity index (χ3n) is 5.26. The summed E-state index contributed by atoms with van der Waals surface area (Å²) in [7, 11) is 0. The quantitative estimate of drug-likeness (QED) is 0.151. The van der Waals surface area contributed by atoms with Gasteiger partial charge in [0.1, 0.15) is 6.61 Å². The van der Waals surface area contributed by atoms with E-state index >= 15 is 0 Å². The molecule has 0 saturated carbocycles. The van der Waals surface area contributed by atoms with E-state index in [4.69, 9.17) is 9.47 Å². The number of amides is 1. The van der Waals surface area contributed by atoms with Crippen LogP contribution in [0.4, 0.5) is 5.69 Å². The first-order chi connectivity index (χ1) is 17.5. The maximum atomic E-state index is 12.3. The van der Waals surface area contributed by atoms with E-state index in [0.717, 1.165) is 36.5 Å². The Morgan fingerprint density at radius 2 is 1.75 bits per heavy atom. The number of ether oxygens (including phenoxy) is 2. The highest BCUT2D eigenvalue weighted by atomic mass is 79.9. The third-order valence-corrected chi connectivity index (χ3v) is 6.38. The number of hydrogen-bond acceptors (Lipinski definition) is 5. The number of benzene rings is 4. The van der Waals surface area contributed by atoms with Crippen molar-refractivity contribution in [3.8, 4) is 11.5 Å². The summed E-state index contributed by atoms with van der Waals surface area (Å²) in [6.45, 7) is 2.90. The van der Waals surface area contributed by atoms with Crippen molar-refractivity contribution < 1.29 is 14.3 Å². The topological polar surface area (TPSA) is 72.0 Å². The summed E-state index contributed by atoms with van der Waals surface area (Å²) in [5.74, 6) is 0.951. The lowest BCUT2D eigenvalue weighted by Crippen LogP contribution is -2.25. The van der Waals surface area contributed by atoms with Crippen LogP contribution in [0.15, 0.2) is 92.9 Å². The predicted molar refractivity (Wildman–Crippen MR) is 152 cm³/mol. The Balaban J connectivity index is 1.37. The molecule has 0 radical (unpaired) electrons. The largest absolute Gasteiger partial charge is 0.490 e. The highest BCUT2D eigenvalue weighted by Crippen LogP contribution is 2.37. The Kier molecular flexibility index (Phi) is 8.97. The van der Waals surface area contributed by atoms with E-state index in [1.165, 1.54) is 0 Å². The SMILES string of the molecule is CCOc1cc(/C=N\NC(=O)CNc2cccc3ccccc23)cc(Br)c1OCc1ccc(Br)cc1. The molecule has 0 bridgehead atoms. The summed E-state index contributed by atoms with van der Waals surface area (Å²) in [6, 6.07) is 25.6. The minimum atomic E-state index is -0.252. The van der Waals surface area contributed by atoms with Crippen molar-refractivity contribution in [1.29, 1.82) is 0 Å². The Bertz CT molecular complexity index is 1370. The van der Waals surface area contributed by atoms with Crippen molar-refractivity contribution in [2.24, 2.45) is 5.10 Å². The van der Waals surface area contributed by atoms with Crippen molar-refractivity contribution in [2.45, 2.75) is 13.5 Å². The summed E-state index contributed by atoms with van der Waals surface area (Å²) in [5.41, 5.74) is 5.26. The molecule has 0 fully saturated rings. The molecule has 4 rings (SSSR count). The standard InChI is InChI=1S/C28H25Br2N3O3/c1-2-35-26-15-20(14-24(30)28(26)36-18-19-10-12-22(29)13-11-19)16-32-33-27(34)17-31-25-9-5-7-21-6-3-4-8-23(21)25/h3-16,31H,2,17-18H2,1H3,(H,33,34)/b32-16-. The fourth-order valence-corrected chi connectivity index (χ4v) is 4.41. The van der Waals surface area contributed by atoms with Gasteiger partial charge in [0.05, 0.1) is 23.8 Å². The van der Waals surface area contributed by atoms with Crippen LogP contribution >= 0.6 is 31.9 Å². The smallest absolute Gasteiger partial charge is 0.259 e. The second kappa shape index (κ2) is 12.6. The third kappa shape index (κ3) is 6.86. The van der Waals surface area contributed by atoms with Crippen LogP contribution in [0.25, 0.3) is 10.8 Å². The van der Waals surface area contributed by atoms with Gasteiger partial charge < -0.3 is 14.8 Å². The second-order valence-electron chi connectivity index (χ2n) is 7.85. The summed E-state index contributed by atoms with van der Waals surface area (Å²) in [5, 5.41) is 9.45. The summed E-state index contributed by atoms with van der Waals surface area (Å²) >= 11 is 7.01.